The van der Waals surface area contributed by atoms with Crippen LogP contribution in [0.4, 0.5) is 4.39 Å². The lowest BCUT2D eigenvalue weighted by atomic mass is 9.98. The number of carbonyl (C=O) groups is 1. The summed E-state index contributed by atoms with van der Waals surface area (Å²) < 4.78 is 53.5. The van der Waals surface area contributed by atoms with Crippen molar-refractivity contribution in [3.63, 3.8) is 0 Å². The van der Waals surface area contributed by atoms with E-state index in [1.165, 1.54) is 17.1 Å². The van der Waals surface area contributed by atoms with Gasteiger partial charge < -0.3 is 14.6 Å². The summed E-state index contributed by atoms with van der Waals surface area (Å²) in [5.41, 5.74) is 3.03. The van der Waals surface area contributed by atoms with E-state index in [2.05, 4.69) is 4.74 Å². The van der Waals surface area contributed by atoms with Crippen LogP contribution in [-0.2, 0) is 14.8 Å². The molecule has 0 saturated carbocycles. The molecule has 0 fully saturated rings. The first kappa shape index (κ1) is 26.0. The SMILES string of the molecule is COC(=O)c1cc(-c2ccc3c(c2)c(-c2ccccc2OC)cn3S(=O)(=O)c2ccc(C)cc2)cc(F)c1O. The Labute approximate surface area is 224 Å². The van der Waals surface area contributed by atoms with Crippen LogP contribution in [0.2, 0.25) is 0 Å². The predicted octanol–water partition coefficient (Wildman–Crippen LogP) is 6.16. The second-order valence-electron chi connectivity index (χ2n) is 8.93. The maximum Gasteiger partial charge on any atom is 0.341 e. The second kappa shape index (κ2) is 9.92. The van der Waals surface area contributed by atoms with E-state index < -0.39 is 27.6 Å². The molecular formula is C30H24FNO6S. The van der Waals surface area contributed by atoms with Crippen LogP contribution in [0.15, 0.2) is 90.0 Å². The molecular weight excluding hydrogens is 521 g/mol. The lowest BCUT2D eigenvalue weighted by molar-refractivity contribution is 0.0596. The van der Waals surface area contributed by atoms with Gasteiger partial charge in [0, 0.05) is 22.7 Å². The molecule has 0 radical (unpaired) electrons. The Morgan fingerprint density at radius 2 is 1.62 bits per heavy atom. The zero-order valence-corrected chi connectivity index (χ0v) is 22.1. The molecule has 1 heterocycles. The molecule has 7 nitrogen and oxygen atoms in total. The fraction of sp³-hybridized carbons (Fsp3) is 0.100. The van der Waals surface area contributed by atoms with Crippen LogP contribution in [0.25, 0.3) is 33.2 Å². The number of halogens is 1. The van der Waals surface area contributed by atoms with E-state index in [1.54, 1.807) is 54.7 Å². The normalized spacial score (nSPS) is 11.5. The molecule has 0 amide bonds. The largest absolute Gasteiger partial charge is 0.504 e. The van der Waals surface area contributed by atoms with E-state index >= 15 is 0 Å². The number of nitrogens with zero attached hydrogens (tertiary/aromatic N) is 1. The van der Waals surface area contributed by atoms with Gasteiger partial charge in [-0.1, -0.05) is 42.0 Å². The summed E-state index contributed by atoms with van der Waals surface area (Å²) in [4.78, 5) is 12.3. The zero-order chi connectivity index (χ0) is 27.9. The molecule has 1 aromatic heterocycles. The summed E-state index contributed by atoms with van der Waals surface area (Å²) >= 11 is 0. The fourth-order valence-electron chi connectivity index (χ4n) is 4.52. The average Bonchev–Trinajstić information content (AvgIpc) is 3.33. The van der Waals surface area contributed by atoms with Gasteiger partial charge in [0.05, 0.1) is 24.6 Å². The van der Waals surface area contributed by atoms with Crippen molar-refractivity contribution in [1.29, 1.82) is 0 Å². The van der Waals surface area contributed by atoms with Crippen LogP contribution in [-0.4, -0.2) is 37.7 Å². The maximum absolute atomic E-state index is 14.6. The molecule has 0 aliphatic rings. The Bertz CT molecular complexity index is 1840. The highest BCUT2D eigenvalue weighted by Gasteiger charge is 2.24. The van der Waals surface area contributed by atoms with Crippen molar-refractivity contribution < 1.29 is 32.2 Å². The molecule has 39 heavy (non-hydrogen) atoms. The summed E-state index contributed by atoms with van der Waals surface area (Å²) in [5, 5.41) is 10.6. The van der Waals surface area contributed by atoms with Crippen LogP contribution in [0.5, 0.6) is 11.5 Å². The molecule has 0 aliphatic carbocycles. The Hall–Kier alpha value is -4.63. The van der Waals surface area contributed by atoms with Gasteiger partial charge in [0.15, 0.2) is 11.6 Å². The molecule has 0 aliphatic heterocycles. The topological polar surface area (TPSA) is 94.8 Å². The molecule has 0 unspecified atom stereocenters. The minimum absolute atomic E-state index is 0.129. The highest BCUT2D eigenvalue weighted by atomic mass is 32.2. The number of ether oxygens (including phenoxy) is 2. The molecule has 0 bridgehead atoms. The first-order valence-electron chi connectivity index (χ1n) is 11.9. The summed E-state index contributed by atoms with van der Waals surface area (Å²) in [6.07, 6.45) is 1.54. The van der Waals surface area contributed by atoms with Crippen molar-refractivity contribution in [3.8, 4) is 33.8 Å². The van der Waals surface area contributed by atoms with Gasteiger partial charge in [-0.05, 0) is 60.5 Å². The van der Waals surface area contributed by atoms with E-state index in [9.17, 15) is 22.7 Å². The fourth-order valence-corrected chi connectivity index (χ4v) is 5.89. The summed E-state index contributed by atoms with van der Waals surface area (Å²) in [5.74, 6) is -2.15. The van der Waals surface area contributed by atoms with Crippen LogP contribution in [0, 0.1) is 12.7 Å². The van der Waals surface area contributed by atoms with Crippen LogP contribution in [0.1, 0.15) is 15.9 Å². The molecule has 5 rings (SSSR count). The third kappa shape index (κ3) is 4.51. The Kier molecular flexibility index (Phi) is 6.61. The Morgan fingerprint density at radius 1 is 0.897 bits per heavy atom. The first-order chi connectivity index (χ1) is 18.6. The minimum Gasteiger partial charge on any atom is -0.504 e. The Morgan fingerprint density at radius 3 is 2.31 bits per heavy atom. The molecule has 198 valence electrons. The van der Waals surface area contributed by atoms with Crippen molar-refractivity contribution in [2.75, 3.05) is 14.2 Å². The second-order valence-corrected chi connectivity index (χ2v) is 10.7. The lowest BCUT2D eigenvalue weighted by Crippen LogP contribution is -2.11. The summed E-state index contributed by atoms with van der Waals surface area (Å²) in [6.45, 7) is 1.88. The van der Waals surface area contributed by atoms with Crippen molar-refractivity contribution in [2.45, 2.75) is 11.8 Å². The van der Waals surface area contributed by atoms with Gasteiger partial charge in [0.2, 0.25) is 0 Å². The zero-order valence-electron chi connectivity index (χ0n) is 21.3. The molecule has 0 spiro atoms. The molecule has 4 aromatic carbocycles. The maximum atomic E-state index is 14.6. The molecule has 1 N–H and O–H groups in total. The summed E-state index contributed by atoms with van der Waals surface area (Å²) in [7, 11) is -1.32. The molecule has 9 heteroatoms. The lowest BCUT2D eigenvalue weighted by Gasteiger charge is -2.10. The number of phenolic OH excluding ortho intramolecular Hbond substituents is 1. The van der Waals surface area contributed by atoms with E-state index in [0.29, 0.717) is 38.9 Å². The highest BCUT2D eigenvalue weighted by Crippen LogP contribution is 2.40. The number of carbonyl (C=O) groups excluding carboxylic acids is 1. The number of hydrogen-bond acceptors (Lipinski definition) is 6. The smallest absolute Gasteiger partial charge is 0.341 e. The number of aryl methyl sites for hydroxylation is 1. The molecule has 0 atom stereocenters. The van der Waals surface area contributed by atoms with E-state index in [0.717, 1.165) is 18.7 Å². The van der Waals surface area contributed by atoms with Gasteiger partial charge in [-0.2, -0.15) is 0 Å². The van der Waals surface area contributed by atoms with Gasteiger partial charge >= 0.3 is 5.97 Å². The predicted molar refractivity (Wildman–Crippen MR) is 146 cm³/mol. The number of para-hydroxylation sites is 1. The minimum atomic E-state index is -3.98. The van der Waals surface area contributed by atoms with Gasteiger partial charge in [-0.3, -0.25) is 0 Å². The number of methoxy groups -OCH3 is 2. The molecule has 5 aromatic rings. The number of fused-ring (bicyclic) bond motifs is 1. The monoisotopic (exact) mass is 545 g/mol. The third-order valence-corrected chi connectivity index (χ3v) is 8.24. The van der Waals surface area contributed by atoms with Gasteiger partial charge in [-0.25, -0.2) is 21.6 Å². The molecule has 0 saturated heterocycles. The van der Waals surface area contributed by atoms with Crippen LogP contribution in [0.3, 0.4) is 0 Å². The van der Waals surface area contributed by atoms with Gasteiger partial charge in [0.1, 0.15) is 11.3 Å². The number of rotatable bonds is 6. The average molecular weight is 546 g/mol. The Balaban J connectivity index is 1.79. The number of esters is 1. The van der Waals surface area contributed by atoms with E-state index in [4.69, 9.17) is 4.74 Å². The van der Waals surface area contributed by atoms with Crippen LogP contribution >= 0.6 is 0 Å². The van der Waals surface area contributed by atoms with Gasteiger partial charge in [-0.15, -0.1) is 0 Å². The van der Waals surface area contributed by atoms with Crippen molar-refractivity contribution in [2.24, 2.45) is 0 Å². The van der Waals surface area contributed by atoms with E-state index in [1.807, 2.05) is 25.1 Å². The van der Waals surface area contributed by atoms with Crippen LogP contribution < -0.4 is 4.74 Å². The highest BCUT2D eigenvalue weighted by molar-refractivity contribution is 7.90. The number of phenols is 1. The van der Waals surface area contributed by atoms with E-state index in [-0.39, 0.29) is 10.5 Å². The third-order valence-electron chi connectivity index (χ3n) is 6.55. The van der Waals surface area contributed by atoms with Crippen molar-refractivity contribution in [1.82, 2.24) is 3.97 Å². The van der Waals surface area contributed by atoms with Crippen molar-refractivity contribution in [3.05, 3.63) is 102 Å². The number of hydrogen-bond donors (Lipinski definition) is 1. The number of aromatic hydroxyl groups is 1. The van der Waals surface area contributed by atoms with Gasteiger partial charge in [0.25, 0.3) is 10.0 Å². The van der Waals surface area contributed by atoms with Crippen molar-refractivity contribution >= 4 is 26.9 Å². The summed E-state index contributed by atoms with van der Waals surface area (Å²) in [6, 6.07) is 21.2. The first-order valence-corrected chi connectivity index (χ1v) is 13.3. The number of benzene rings is 4. The number of aromatic nitrogens is 1. The quantitative estimate of drug-likeness (QED) is 0.257. The standard InChI is InChI=1S/C30H24FNO6S/c1-18-8-11-21(12-9-18)39(35,36)32-17-25(22-6-4-5-7-28(22)37-2)23-14-19(10-13-27(23)32)20-15-24(30(34)38-3)29(33)26(31)16-20/h4-17,33H,1-3H3.